The Morgan fingerprint density at radius 1 is 1.57 bits per heavy atom. The van der Waals surface area contributed by atoms with Crippen molar-refractivity contribution >= 4 is 18.5 Å². The van der Waals surface area contributed by atoms with Crippen LogP contribution >= 0.6 is 0 Å². The zero-order chi connectivity index (χ0) is 17.8. The maximum absolute atomic E-state index is 12.2. The number of hydrogen-bond donors (Lipinski definition) is 4. The maximum atomic E-state index is 12.2. The van der Waals surface area contributed by atoms with E-state index in [0.717, 1.165) is 11.5 Å². The van der Waals surface area contributed by atoms with Gasteiger partial charge in [0.05, 0.1) is 32.2 Å². The van der Waals surface area contributed by atoms with Crippen molar-refractivity contribution in [3.8, 4) is 0 Å². The summed E-state index contributed by atoms with van der Waals surface area (Å²) in [6.45, 7) is 3.41. The highest BCUT2D eigenvalue weighted by Gasteiger charge is 2.22. The Kier molecular flexibility index (Phi) is 9.76. The summed E-state index contributed by atoms with van der Waals surface area (Å²) in [6, 6.07) is -0.738. The van der Waals surface area contributed by atoms with E-state index in [9.17, 15) is 9.59 Å². The van der Waals surface area contributed by atoms with Gasteiger partial charge < -0.3 is 30.2 Å². The molecule has 1 aromatic heterocycles. The number of nitrogens with zero attached hydrogens (tertiary/aromatic N) is 2. The third-order valence-electron chi connectivity index (χ3n) is 2.69. The SMILES string of the molecule is COC(=O)NC(C)C(=O)N(CCO)Cc1cnc(C)[nH]1.O=CO. The molecule has 1 aromatic rings. The standard InChI is InChI=1S/C12H20N4O4.CH2O2/c1-8(14-12(19)20-3)11(18)16(4-5-17)7-10-6-13-9(2)15-10;2-1-3/h6,8,17H,4-5,7H2,1-3H3,(H,13,15)(H,14,19);1H,(H,2,3). The number of amides is 2. The second kappa shape index (κ2) is 11.0. The molecular formula is C13H22N4O6. The lowest BCUT2D eigenvalue weighted by Crippen LogP contribution is -2.47. The molecule has 0 radical (unpaired) electrons. The van der Waals surface area contributed by atoms with Gasteiger partial charge in [-0.3, -0.25) is 9.59 Å². The number of rotatable bonds is 6. The van der Waals surface area contributed by atoms with Crippen LogP contribution < -0.4 is 5.32 Å². The molecule has 0 aromatic carbocycles. The van der Waals surface area contributed by atoms with Crippen LogP contribution in [0.25, 0.3) is 0 Å². The zero-order valence-corrected chi connectivity index (χ0v) is 13.3. The number of aliphatic hydroxyl groups is 1. The van der Waals surface area contributed by atoms with Gasteiger partial charge >= 0.3 is 6.09 Å². The fourth-order valence-electron chi connectivity index (χ4n) is 1.72. The van der Waals surface area contributed by atoms with Crippen LogP contribution in [-0.4, -0.2) is 69.9 Å². The summed E-state index contributed by atoms with van der Waals surface area (Å²) in [4.78, 5) is 40.2. The number of ether oxygens (including phenoxy) is 1. The van der Waals surface area contributed by atoms with Gasteiger partial charge in [-0.2, -0.15) is 0 Å². The summed E-state index contributed by atoms with van der Waals surface area (Å²) in [5.41, 5.74) is 0.759. The quantitative estimate of drug-likeness (QED) is 0.514. The van der Waals surface area contributed by atoms with E-state index in [1.807, 2.05) is 6.92 Å². The molecule has 23 heavy (non-hydrogen) atoms. The third kappa shape index (κ3) is 7.81. The predicted molar refractivity (Wildman–Crippen MR) is 79.5 cm³/mol. The normalized spacial score (nSPS) is 10.8. The number of H-pyrrole nitrogens is 1. The lowest BCUT2D eigenvalue weighted by Gasteiger charge is -2.24. The Morgan fingerprint density at radius 2 is 2.17 bits per heavy atom. The second-order valence-electron chi connectivity index (χ2n) is 4.44. The minimum atomic E-state index is -0.738. The topological polar surface area (TPSA) is 145 Å². The number of methoxy groups -OCH3 is 1. The number of aryl methyl sites for hydroxylation is 1. The van der Waals surface area contributed by atoms with E-state index in [2.05, 4.69) is 20.0 Å². The van der Waals surface area contributed by atoms with Crippen LogP contribution in [0.4, 0.5) is 4.79 Å². The van der Waals surface area contributed by atoms with Crippen molar-refractivity contribution in [3.63, 3.8) is 0 Å². The summed E-state index contributed by atoms with van der Waals surface area (Å²) >= 11 is 0. The summed E-state index contributed by atoms with van der Waals surface area (Å²) in [6.07, 6.45) is 0.956. The third-order valence-corrected chi connectivity index (χ3v) is 2.69. The number of aliphatic hydroxyl groups excluding tert-OH is 1. The number of hydrogen-bond acceptors (Lipinski definition) is 6. The van der Waals surface area contributed by atoms with Crippen molar-refractivity contribution in [2.24, 2.45) is 0 Å². The number of carbonyl (C=O) groups is 3. The molecule has 2 amide bonds. The molecule has 0 bridgehead atoms. The summed E-state index contributed by atoms with van der Waals surface area (Å²) in [5.74, 6) is 0.439. The van der Waals surface area contributed by atoms with Gasteiger partial charge in [-0.15, -0.1) is 0 Å². The molecule has 0 aliphatic carbocycles. The van der Waals surface area contributed by atoms with Gasteiger partial charge in [-0.1, -0.05) is 0 Å². The van der Waals surface area contributed by atoms with Crippen molar-refractivity contribution in [3.05, 3.63) is 17.7 Å². The van der Waals surface area contributed by atoms with Crippen molar-refractivity contribution < 1.29 is 29.3 Å². The van der Waals surface area contributed by atoms with Crippen molar-refractivity contribution in [2.75, 3.05) is 20.3 Å². The molecule has 0 saturated heterocycles. The number of carbonyl (C=O) groups excluding carboxylic acids is 2. The number of aromatic nitrogens is 2. The Morgan fingerprint density at radius 3 is 2.61 bits per heavy atom. The first kappa shape index (κ1) is 20.4. The Labute approximate surface area is 133 Å². The van der Waals surface area contributed by atoms with Gasteiger partial charge in [0.2, 0.25) is 5.91 Å². The molecule has 4 N–H and O–H groups in total. The van der Waals surface area contributed by atoms with E-state index >= 15 is 0 Å². The Balaban J connectivity index is 0.00000149. The van der Waals surface area contributed by atoms with Gasteiger partial charge in [0, 0.05) is 6.54 Å². The van der Waals surface area contributed by atoms with E-state index in [1.54, 1.807) is 13.1 Å². The minimum Gasteiger partial charge on any atom is -0.483 e. The van der Waals surface area contributed by atoms with Gasteiger partial charge in [-0.25, -0.2) is 9.78 Å². The van der Waals surface area contributed by atoms with Gasteiger partial charge in [0.25, 0.3) is 6.47 Å². The fraction of sp³-hybridized carbons (Fsp3) is 0.538. The highest BCUT2D eigenvalue weighted by Crippen LogP contribution is 2.04. The Bertz CT molecular complexity index is 504. The average molecular weight is 330 g/mol. The zero-order valence-electron chi connectivity index (χ0n) is 13.3. The molecule has 0 spiro atoms. The molecule has 0 aliphatic heterocycles. The van der Waals surface area contributed by atoms with Crippen molar-refractivity contribution in [2.45, 2.75) is 26.4 Å². The van der Waals surface area contributed by atoms with Crippen LogP contribution in [0.3, 0.4) is 0 Å². The number of aromatic amines is 1. The van der Waals surface area contributed by atoms with Crippen LogP contribution in [-0.2, 0) is 20.9 Å². The number of carboxylic acid groups (broad SMARTS) is 1. The van der Waals surface area contributed by atoms with E-state index < -0.39 is 12.1 Å². The first-order valence-corrected chi connectivity index (χ1v) is 6.72. The summed E-state index contributed by atoms with van der Waals surface area (Å²) in [7, 11) is 1.23. The summed E-state index contributed by atoms with van der Waals surface area (Å²) < 4.78 is 4.45. The lowest BCUT2D eigenvalue weighted by molar-refractivity contribution is -0.134. The molecule has 1 rings (SSSR count). The molecule has 130 valence electrons. The predicted octanol–water partition coefficient (Wildman–Crippen LogP) is -0.516. The van der Waals surface area contributed by atoms with E-state index in [1.165, 1.54) is 12.0 Å². The molecule has 10 nitrogen and oxygen atoms in total. The second-order valence-corrected chi connectivity index (χ2v) is 4.44. The largest absolute Gasteiger partial charge is 0.483 e. The molecule has 0 saturated carbocycles. The van der Waals surface area contributed by atoms with Crippen LogP contribution in [0, 0.1) is 6.92 Å². The lowest BCUT2D eigenvalue weighted by atomic mass is 10.2. The van der Waals surface area contributed by atoms with E-state index in [-0.39, 0.29) is 32.1 Å². The van der Waals surface area contributed by atoms with Crippen molar-refractivity contribution in [1.82, 2.24) is 20.2 Å². The summed E-state index contributed by atoms with van der Waals surface area (Å²) in [5, 5.41) is 18.3. The molecule has 10 heteroatoms. The highest BCUT2D eigenvalue weighted by atomic mass is 16.5. The first-order chi connectivity index (χ1) is 10.9. The molecule has 1 atom stereocenters. The van der Waals surface area contributed by atoms with Crippen LogP contribution in [0.2, 0.25) is 0 Å². The molecule has 1 heterocycles. The van der Waals surface area contributed by atoms with Crippen LogP contribution in [0.15, 0.2) is 6.20 Å². The minimum absolute atomic E-state index is 0.163. The molecule has 1 unspecified atom stereocenters. The monoisotopic (exact) mass is 330 g/mol. The van der Waals surface area contributed by atoms with E-state index in [4.69, 9.17) is 15.0 Å². The number of imidazole rings is 1. The first-order valence-electron chi connectivity index (χ1n) is 6.72. The number of nitrogens with one attached hydrogen (secondary N) is 2. The van der Waals surface area contributed by atoms with Gasteiger partial charge in [0.1, 0.15) is 11.9 Å². The van der Waals surface area contributed by atoms with E-state index in [0.29, 0.717) is 0 Å². The highest BCUT2D eigenvalue weighted by molar-refractivity contribution is 5.85. The molecule has 0 fully saturated rings. The molecule has 0 aliphatic rings. The van der Waals surface area contributed by atoms with Crippen molar-refractivity contribution in [1.29, 1.82) is 0 Å². The maximum Gasteiger partial charge on any atom is 0.407 e. The fourth-order valence-corrected chi connectivity index (χ4v) is 1.72. The van der Waals surface area contributed by atoms with Gasteiger partial charge in [-0.05, 0) is 13.8 Å². The average Bonchev–Trinajstić information content (AvgIpc) is 2.91. The van der Waals surface area contributed by atoms with Gasteiger partial charge in [0.15, 0.2) is 0 Å². The van der Waals surface area contributed by atoms with Crippen LogP contribution in [0.5, 0.6) is 0 Å². The van der Waals surface area contributed by atoms with Crippen LogP contribution in [0.1, 0.15) is 18.4 Å². The Hall–Kier alpha value is -2.62. The smallest absolute Gasteiger partial charge is 0.407 e. The number of alkyl carbamates (subject to hydrolysis) is 1. The molecular weight excluding hydrogens is 308 g/mol.